The van der Waals surface area contributed by atoms with E-state index < -0.39 is 56.1 Å². The van der Waals surface area contributed by atoms with Crippen LogP contribution in [0.3, 0.4) is 0 Å². The standard InChI is InChI=1S/C17H6F10IN/c18-14(16(22,23)24,17(25,26)27)11-5-10(15(19,20)21)6-12(28)13(11)9-3-1-8(7-29)2-4-9/h1-6H. The van der Waals surface area contributed by atoms with Gasteiger partial charge in [0.25, 0.3) is 0 Å². The van der Waals surface area contributed by atoms with Crippen LogP contribution in [0.4, 0.5) is 43.9 Å². The SMILES string of the molecule is N#Cc1ccc(-c2c(I)cc(C(F)(F)F)cc2C(F)(C(F)(F)F)C(F)(F)F)cc1. The Morgan fingerprint density at radius 2 is 1.24 bits per heavy atom. The van der Waals surface area contributed by atoms with Crippen molar-refractivity contribution >= 4 is 22.6 Å². The van der Waals surface area contributed by atoms with Gasteiger partial charge in [-0.2, -0.15) is 44.8 Å². The maximum Gasteiger partial charge on any atom is 0.435 e. The molecule has 0 N–H and O–H groups in total. The van der Waals surface area contributed by atoms with Crippen molar-refractivity contribution in [1.29, 1.82) is 5.26 Å². The fourth-order valence-corrected chi connectivity index (χ4v) is 3.45. The molecule has 0 saturated heterocycles. The molecule has 0 aromatic heterocycles. The van der Waals surface area contributed by atoms with Crippen LogP contribution < -0.4 is 0 Å². The van der Waals surface area contributed by atoms with E-state index in [9.17, 15) is 43.9 Å². The van der Waals surface area contributed by atoms with Gasteiger partial charge in [0.15, 0.2) is 0 Å². The summed E-state index contributed by atoms with van der Waals surface area (Å²) in [6.45, 7) is 0. The first-order valence-electron chi connectivity index (χ1n) is 7.28. The Kier molecular flexibility index (Phi) is 5.88. The topological polar surface area (TPSA) is 23.8 Å². The van der Waals surface area contributed by atoms with Gasteiger partial charge in [-0.3, -0.25) is 0 Å². The summed E-state index contributed by atoms with van der Waals surface area (Å²) in [5.74, 6) is 0. The number of rotatable bonds is 2. The number of hydrogen-bond donors (Lipinski definition) is 0. The Labute approximate surface area is 170 Å². The van der Waals surface area contributed by atoms with Crippen LogP contribution in [-0.4, -0.2) is 12.4 Å². The second-order valence-electron chi connectivity index (χ2n) is 5.72. The van der Waals surface area contributed by atoms with Crippen molar-refractivity contribution in [1.82, 2.24) is 0 Å². The number of halogens is 11. The Morgan fingerprint density at radius 3 is 1.62 bits per heavy atom. The molecule has 0 radical (unpaired) electrons. The van der Waals surface area contributed by atoms with Gasteiger partial charge >= 0.3 is 24.2 Å². The molecule has 0 fully saturated rings. The summed E-state index contributed by atoms with van der Waals surface area (Å²) in [7, 11) is 0. The van der Waals surface area contributed by atoms with Gasteiger partial charge < -0.3 is 0 Å². The minimum atomic E-state index is -6.60. The molecule has 0 bridgehead atoms. The second kappa shape index (κ2) is 7.33. The molecule has 0 unspecified atom stereocenters. The zero-order valence-corrected chi connectivity index (χ0v) is 15.7. The molecule has 0 spiro atoms. The molecule has 29 heavy (non-hydrogen) atoms. The predicted octanol–water partition coefficient (Wildman–Crippen LogP) is 7.14. The summed E-state index contributed by atoms with van der Waals surface area (Å²) < 4.78 is 133. The van der Waals surface area contributed by atoms with Crippen molar-refractivity contribution in [3.63, 3.8) is 0 Å². The molecule has 0 aliphatic rings. The molecule has 12 heteroatoms. The van der Waals surface area contributed by atoms with Crippen LogP contribution in [0.1, 0.15) is 16.7 Å². The molecule has 0 atom stereocenters. The lowest BCUT2D eigenvalue weighted by atomic mass is 9.85. The molecule has 0 amide bonds. The minimum absolute atomic E-state index is 0.0182. The van der Waals surface area contributed by atoms with E-state index in [2.05, 4.69) is 0 Å². The smallest absolute Gasteiger partial charge is 0.218 e. The highest BCUT2D eigenvalue weighted by molar-refractivity contribution is 14.1. The summed E-state index contributed by atoms with van der Waals surface area (Å²) >= 11 is 1.10. The highest BCUT2D eigenvalue weighted by Crippen LogP contribution is 2.56. The van der Waals surface area contributed by atoms with Crippen LogP contribution in [0, 0.1) is 14.9 Å². The van der Waals surface area contributed by atoms with Crippen LogP contribution in [0.25, 0.3) is 11.1 Å². The molecule has 0 heterocycles. The molecule has 156 valence electrons. The molecule has 2 rings (SSSR count). The Hall–Kier alpha value is -2.04. The fraction of sp³-hybridized carbons (Fsp3) is 0.235. The Morgan fingerprint density at radius 1 is 0.759 bits per heavy atom. The summed E-state index contributed by atoms with van der Waals surface area (Å²) in [5.41, 5.74) is -11.6. The number of alkyl halides is 10. The van der Waals surface area contributed by atoms with Crippen LogP contribution in [0.2, 0.25) is 0 Å². The van der Waals surface area contributed by atoms with Crippen molar-refractivity contribution in [2.45, 2.75) is 24.2 Å². The molecular weight excluding hydrogens is 535 g/mol. The molecule has 0 saturated carbocycles. The molecule has 2 aromatic rings. The fourth-order valence-electron chi connectivity index (χ4n) is 2.51. The summed E-state index contributed by atoms with van der Waals surface area (Å²) in [4.78, 5) is 0. The Bertz CT molecular complexity index is 935. The summed E-state index contributed by atoms with van der Waals surface area (Å²) in [5, 5.41) is 8.74. The first-order valence-corrected chi connectivity index (χ1v) is 8.36. The van der Waals surface area contributed by atoms with E-state index in [1.807, 2.05) is 0 Å². The summed E-state index contributed by atoms with van der Waals surface area (Å²) in [6.07, 6.45) is -18.5. The third kappa shape index (κ3) is 4.15. The van der Waals surface area contributed by atoms with Crippen LogP contribution in [-0.2, 0) is 11.8 Å². The maximum atomic E-state index is 14.7. The lowest BCUT2D eigenvalue weighted by Gasteiger charge is -2.33. The van der Waals surface area contributed by atoms with Gasteiger partial charge in [0.2, 0.25) is 0 Å². The molecule has 2 aromatic carbocycles. The second-order valence-corrected chi connectivity index (χ2v) is 6.88. The number of hydrogen-bond acceptors (Lipinski definition) is 1. The van der Waals surface area contributed by atoms with Crippen molar-refractivity contribution in [3.8, 4) is 17.2 Å². The third-order valence-corrected chi connectivity index (χ3v) is 4.72. The number of nitriles is 1. The molecule has 1 nitrogen and oxygen atoms in total. The zero-order chi connectivity index (χ0) is 22.4. The average Bonchev–Trinajstić information content (AvgIpc) is 2.57. The van der Waals surface area contributed by atoms with Crippen LogP contribution in [0.5, 0.6) is 0 Å². The predicted molar refractivity (Wildman–Crippen MR) is 89.2 cm³/mol. The monoisotopic (exact) mass is 541 g/mol. The highest BCUT2D eigenvalue weighted by atomic mass is 127. The quantitative estimate of drug-likeness (QED) is 0.293. The van der Waals surface area contributed by atoms with E-state index in [0.717, 1.165) is 46.9 Å². The first-order chi connectivity index (χ1) is 13.0. The van der Waals surface area contributed by atoms with Crippen molar-refractivity contribution in [2.75, 3.05) is 0 Å². The van der Waals surface area contributed by atoms with Gasteiger partial charge in [0, 0.05) is 14.7 Å². The van der Waals surface area contributed by atoms with E-state index in [1.54, 1.807) is 6.07 Å². The lowest BCUT2D eigenvalue weighted by molar-refractivity contribution is -0.348. The van der Waals surface area contributed by atoms with Crippen LogP contribution >= 0.6 is 22.6 Å². The Balaban J connectivity index is 3.00. The molecule has 0 aliphatic carbocycles. The minimum Gasteiger partial charge on any atom is -0.218 e. The van der Waals surface area contributed by atoms with E-state index >= 15 is 0 Å². The van der Waals surface area contributed by atoms with E-state index in [4.69, 9.17) is 5.26 Å². The van der Waals surface area contributed by atoms with Gasteiger partial charge in [-0.05, 0) is 52.4 Å². The summed E-state index contributed by atoms with van der Waals surface area (Å²) in [6, 6.07) is 5.36. The average molecular weight is 541 g/mol. The van der Waals surface area contributed by atoms with Gasteiger partial charge in [-0.1, -0.05) is 12.1 Å². The molecule has 0 aliphatic heterocycles. The van der Waals surface area contributed by atoms with Gasteiger partial charge in [-0.15, -0.1) is 0 Å². The van der Waals surface area contributed by atoms with Gasteiger partial charge in [0.1, 0.15) is 0 Å². The molecular formula is C17H6F10IN. The van der Waals surface area contributed by atoms with Gasteiger partial charge in [0.05, 0.1) is 17.2 Å². The highest BCUT2D eigenvalue weighted by Gasteiger charge is 2.74. The van der Waals surface area contributed by atoms with Crippen molar-refractivity contribution in [3.05, 3.63) is 56.7 Å². The number of nitrogens with zero attached hydrogens (tertiary/aromatic N) is 1. The van der Waals surface area contributed by atoms with Crippen molar-refractivity contribution in [2.24, 2.45) is 0 Å². The maximum absolute atomic E-state index is 14.7. The number of benzene rings is 2. The van der Waals surface area contributed by atoms with Crippen molar-refractivity contribution < 1.29 is 43.9 Å². The lowest BCUT2D eigenvalue weighted by Crippen LogP contribution is -2.51. The first kappa shape index (κ1) is 23.2. The largest absolute Gasteiger partial charge is 0.435 e. The third-order valence-electron chi connectivity index (χ3n) is 3.87. The zero-order valence-electron chi connectivity index (χ0n) is 13.6. The van der Waals surface area contributed by atoms with Crippen LogP contribution in [0.15, 0.2) is 36.4 Å². The normalized spacial score (nSPS) is 13.3. The van der Waals surface area contributed by atoms with Gasteiger partial charge in [-0.25, -0.2) is 4.39 Å². The van der Waals surface area contributed by atoms with E-state index in [-0.39, 0.29) is 5.56 Å². The van der Waals surface area contributed by atoms with E-state index in [0.29, 0.717) is 6.07 Å². The van der Waals surface area contributed by atoms with E-state index in [1.165, 1.54) is 0 Å².